The number of allylic oxidation sites excluding steroid dienone is 2. The third kappa shape index (κ3) is 6.22. The molecular weight excluding hydrogens is 421 g/mol. The Morgan fingerprint density at radius 3 is 1.97 bits per heavy atom. The van der Waals surface area contributed by atoms with Crippen LogP contribution in [0.25, 0.3) is 11.1 Å². The summed E-state index contributed by atoms with van der Waals surface area (Å²) in [6.07, 6.45) is 8.74. The van der Waals surface area contributed by atoms with Crippen LogP contribution in [0.15, 0.2) is 54.6 Å². The second-order valence-electron chi connectivity index (χ2n) is 10.2. The quantitative estimate of drug-likeness (QED) is 0.394. The SMILES string of the molecule is Cc1ccc(-c2ccc(OC(F)(F)C3CCC(/C=C/C4CCC(C)CC4)CC3)cc2F)cc1. The van der Waals surface area contributed by atoms with Crippen molar-refractivity contribution in [1.29, 1.82) is 0 Å². The first-order chi connectivity index (χ1) is 15.8. The van der Waals surface area contributed by atoms with Crippen LogP contribution in [-0.2, 0) is 0 Å². The number of alkyl halides is 2. The van der Waals surface area contributed by atoms with Crippen molar-refractivity contribution in [1.82, 2.24) is 0 Å². The molecule has 2 aliphatic carbocycles. The molecule has 0 aliphatic heterocycles. The van der Waals surface area contributed by atoms with Gasteiger partial charge in [-0.15, -0.1) is 0 Å². The van der Waals surface area contributed by atoms with Gasteiger partial charge < -0.3 is 4.74 Å². The molecule has 0 spiro atoms. The van der Waals surface area contributed by atoms with E-state index in [0.717, 1.165) is 30.4 Å². The van der Waals surface area contributed by atoms with E-state index in [-0.39, 0.29) is 5.75 Å². The number of hydrogen-bond acceptors (Lipinski definition) is 1. The normalized spacial score (nSPS) is 26.5. The van der Waals surface area contributed by atoms with Crippen LogP contribution in [0, 0.1) is 36.4 Å². The van der Waals surface area contributed by atoms with E-state index in [2.05, 4.69) is 19.1 Å². The molecule has 0 N–H and O–H groups in total. The van der Waals surface area contributed by atoms with E-state index in [0.29, 0.717) is 35.8 Å². The fourth-order valence-corrected chi connectivity index (χ4v) is 5.21. The molecule has 0 radical (unpaired) electrons. The van der Waals surface area contributed by atoms with Gasteiger partial charge in [0.05, 0.1) is 5.92 Å². The summed E-state index contributed by atoms with van der Waals surface area (Å²) < 4.78 is 49.4. The third-order valence-electron chi connectivity index (χ3n) is 7.52. The van der Waals surface area contributed by atoms with Crippen LogP contribution in [0.4, 0.5) is 13.2 Å². The Morgan fingerprint density at radius 2 is 1.39 bits per heavy atom. The van der Waals surface area contributed by atoms with Crippen molar-refractivity contribution >= 4 is 0 Å². The second kappa shape index (κ2) is 10.4. The smallest absolute Gasteiger partial charge is 0.400 e. The molecule has 2 aromatic rings. The molecule has 0 unspecified atom stereocenters. The summed E-state index contributed by atoms with van der Waals surface area (Å²) in [7, 11) is 0. The lowest BCUT2D eigenvalue weighted by atomic mass is 9.79. The fourth-order valence-electron chi connectivity index (χ4n) is 5.21. The molecule has 2 fully saturated rings. The Bertz CT molecular complexity index is 934. The van der Waals surface area contributed by atoms with E-state index in [1.165, 1.54) is 37.8 Å². The number of hydrogen-bond donors (Lipinski definition) is 0. The summed E-state index contributed by atoms with van der Waals surface area (Å²) in [4.78, 5) is 0. The van der Waals surface area contributed by atoms with Gasteiger partial charge in [0.25, 0.3) is 0 Å². The highest BCUT2D eigenvalue weighted by molar-refractivity contribution is 5.65. The molecular formula is C29H35F3O. The van der Waals surface area contributed by atoms with Crippen LogP contribution in [0.1, 0.15) is 63.9 Å². The fraction of sp³-hybridized carbons (Fsp3) is 0.517. The van der Waals surface area contributed by atoms with Gasteiger partial charge in [0.1, 0.15) is 11.6 Å². The second-order valence-corrected chi connectivity index (χ2v) is 10.2. The highest BCUT2D eigenvalue weighted by Crippen LogP contribution is 2.41. The molecule has 2 aromatic carbocycles. The predicted octanol–water partition coefficient (Wildman–Crippen LogP) is 8.96. The maximum absolute atomic E-state index is 14.9. The largest absolute Gasteiger partial charge is 0.432 e. The molecule has 0 heterocycles. The maximum Gasteiger partial charge on any atom is 0.400 e. The van der Waals surface area contributed by atoms with Crippen LogP contribution in [0.5, 0.6) is 5.75 Å². The van der Waals surface area contributed by atoms with Crippen LogP contribution in [0.2, 0.25) is 0 Å². The Hall–Kier alpha value is -2.23. The molecule has 1 nitrogen and oxygen atoms in total. The predicted molar refractivity (Wildman–Crippen MR) is 128 cm³/mol. The lowest BCUT2D eigenvalue weighted by Crippen LogP contribution is -2.37. The average Bonchev–Trinajstić information content (AvgIpc) is 2.80. The van der Waals surface area contributed by atoms with Crippen molar-refractivity contribution in [2.45, 2.75) is 71.3 Å². The minimum absolute atomic E-state index is 0.123. The number of rotatable bonds is 6. The molecule has 2 aliphatic rings. The van der Waals surface area contributed by atoms with Gasteiger partial charge in [-0.25, -0.2) is 4.39 Å². The van der Waals surface area contributed by atoms with E-state index in [1.54, 1.807) is 0 Å². The Balaban J connectivity index is 1.32. The van der Waals surface area contributed by atoms with E-state index < -0.39 is 17.8 Å². The first-order valence-electron chi connectivity index (χ1n) is 12.4. The van der Waals surface area contributed by atoms with Gasteiger partial charge in [-0.2, -0.15) is 8.78 Å². The minimum atomic E-state index is -3.30. The Morgan fingerprint density at radius 1 is 0.818 bits per heavy atom. The van der Waals surface area contributed by atoms with Gasteiger partial charge >= 0.3 is 6.11 Å². The first-order valence-corrected chi connectivity index (χ1v) is 12.4. The monoisotopic (exact) mass is 456 g/mol. The number of halogens is 3. The molecule has 4 rings (SSSR count). The molecule has 178 valence electrons. The summed E-state index contributed by atoms with van der Waals surface area (Å²) >= 11 is 0. The highest BCUT2D eigenvalue weighted by atomic mass is 19.3. The highest BCUT2D eigenvalue weighted by Gasteiger charge is 2.43. The molecule has 0 aromatic heterocycles. The van der Waals surface area contributed by atoms with Crippen molar-refractivity contribution in [3.05, 3.63) is 66.0 Å². The van der Waals surface area contributed by atoms with Crippen LogP contribution >= 0.6 is 0 Å². The summed E-state index contributed by atoms with van der Waals surface area (Å²) in [5, 5.41) is 0. The van der Waals surface area contributed by atoms with Crippen LogP contribution in [-0.4, -0.2) is 6.11 Å². The van der Waals surface area contributed by atoms with E-state index in [4.69, 9.17) is 4.74 Å². The van der Waals surface area contributed by atoms with E-state index >= 15 is 0 Å². The van der Waals surface area contributed by atoms with E-state index in [9.17, 15) is 13.2 Å². The number of benzene rings is 2. The Labute approximate surface area is 196 Å². The molecule has 4 heteroatoms. The van der Waals surface area contributed by atoms with Gasteiger partial charge in [-0.05, 0) is 80.9 Å². The summed E-state index contributed by atoms with van der Waals surface area (Å²) in [5.74, 6) is 0.348. The average molecular weight is 457 g/mol. The zero-order valence-corrected chi connectivity index (χ0v) is 19.7. The van der Waals surface area contributed by atoms with Crippen molar-refractivity contribution in [2.24, 2.45) is 23.7 Å². The standard InChI is InChI=1S/C29H35F3O/c1-20-3-7-22(8-4-20)9-10-23-11-15-25(16-12-23)29(31,32)33-26-17-18-27(28(30)19-26)24-13-5-21(2)6-14-24/h5-6,9-10,13-14,17-20,22-23,25H,3-4,7-8,11-12,15-16H2,1-2H3/b10-9+. The van der Waals surface area contributed by atoms with Gasteiger partial charge in [0, 0.05) is 11.6 Å². The van der Waals surface area contributed by atoms with Crippen molar-refractivity contribution in [3.8, 4) is 16.9 Å². The zero-order chi connectivity index (χ0) is 23.4. The van der Waals surface area contributed by atoms with Gasteiger partial charge in [0.2, 0.25) is 0 Å². The molecule has 0 bridgehead atoms. The maximum atomic E-state index is 14.9. The Kier molecular flexibility index (Phi) is 7.51. The molecule has 33 heavy (non-hydrogen) atoms. The zero-order valence-electron chi connectivity index (χ0n) is 19.7. The topological polar surface area (TPSA) is 9.23 Å². The van der Waals surface area contributed by atoms with Crippen LogP contribution in [0.3, 0.4) is 0 Å². The lowest BCUT2D eigenvalue weighted by Gasteiger charge is -2.32. The van der Waals surface area contributed by atoms with Crippen molar-refractivity contribution < 1.29 is 17.9 Å². The lowest BCUT2D eigenvalue weighted by molar-refractivity contribution is -0.223. The summed E-state index contributed by atoms with van der Waals surface area (Å²) in [6.45, 7) is 4.27. The molecule has 2 saturated carbocycles. The molecule has 0 atom stereocenters. The van der Waals surface area contributed by atoms with Crippen molar-refractivity contribution in [2.75, 3.05) is 0 Å². The van der Waals surface area contributed by atoms with Gasteiger partial charge in [0.15, 0.2) is 0 Å². The van der Waals surface area contributed by atoms with Gasteiger partial charge in [-0.1, -0.05) is 61.7 Å². The summed E-state index contributed by atoms with van der Waals surface area (Å²) in [6, 6.07) is 11.5. The van der Waals surface area contributed by atoms with E-state index in [1.807, 2.05) is 31.2 Å². The number of aryl methyl sites for hydroxylation is 1. The third-order valence-corrected chi connectivity index (χ3v) is 7.52. The van der Waals surface area contributed by atoms with Crippen molar-refractivity contribution in [3.63, 3.8) is 0 Å². The molecule has 0 amide bonds. The summed E-state index contributed by atoms with van der Waals surface area (Å²) in [5.41, 5.74) is 2.17. The van der Waals surface area contributed by atoms with Gasteiger partial charge in [-0.3, -0.25) is 0 Å². The first kappa shape index (κ1) is 23.9. The molecule has 0 saturated heterocycles. The number of ether oxygens (including phenoxy) is 1. The van der Waals surface area contributed by atoms with Crippen LogP contribution < -0.4 is 4.74 Å². The minimum Gasteiger partial charge on any atom is -0.432 e.